The standard InChI is InChI=1S/C29H23IN2O4/c1-3-35-25-15-20(14-24(30)27(25)36-17-19-12-10-18(2)11-13-19)16-31-32-28(33)22-8-4-6-21-7-5-9-23(26(21)22)29(32)34/h4-16H,3,17H2,1-2H3. The van der Waals surface area contributed by atoms with E-state index in [0.29, 0.717) is 46.8 Å². The van der Waals surface area contributed by atoms with Gasteiger partial charge in [0.15, 0.2) is 11.5 Å². The number of carbonyl (C=O) groups is 2. The number of nitrogens with zero attached hydrogens (tertiary/aromatic N) is 2. The summed E-state index contributed by atoms with van der Waals surface area (Å²) in [6, 6.07) is 22.7. The Hall–Kier alpha value is -3.72. The van der Waals surface area contributed by atoms with Crippen LogP contribution in [-0.4, -0.2) is 29.6 Å². The zero-order chi connectivity index (χ0) is 25.2. The first kappa shape index (κ1) is 24.0. The molecule has 4 aromatic rings. The average Bonchev–Trinajstić information content (AvgIpc) is 2.88. The Morgan fingerprint density at radius 3 is 2.22 bits per heavy atom. The lowest BCUT2D eigenvalue weighted by Crippen LogP contribution is -2.36. The number of ether oxygens (including phenoxy) is 2. The van der Waals surface area contributed by atoms with Gasteiger partial charge in [0.25, 0.3) is 11.8 Å². The van der Waals surface area contributed by atoms with Crippen molar-refractivity contribution in [2.75, 3.05) is 6.61 Å². The monoisotopic (exact) mass is 590 g/mol. The van der Waals surface area contributed by atoms with Gasteiger partial charge in [0.2, 0.25) is 0 Å². The summed E-state index contributed by atoms with van der Waals surface area (Å²) in [7, 11) is 0. The van der Waals surface area contributed by atoms with Gasteiger partial charge in [-0.05, 0) is 77.2 Å². The predicted octanol–water partition coefficient (Wildman–Crippen LogP) is 6.36. The number of imide groups is 1. The molecule has 0 radical (unpaired) electrons. The Kier molecular flexibility index (Phi) is 6.73. The maximum atomic E-state index is 13.1. The molecule has 0 atom stereocenters. The van der Waals surface area contributed by atoms with Crippen LogP contribution in [0, 0.1) is 10.5 Å². The Labute approximate surface area is 222 Å². The molecule has 0 fully saturated rings. The summed E-state index contributed by atoms with van der Waals surface area (Å²) in [4.78, 5) is 26.2. The molecule has 0 unspecified atom stereocenters. The Balaban J connectivity index is 1.42. The summed E-state index contributed by atoms with van der Waals surface area (Å²) >= 11 is 2.19. The topological polar surface area (TPSA) is 68.2 Å². The Morgan fingerprint density at radius 1 is 0.917 bits per heavy atom. The van der Waals surface area contributed by atoms with E-state index in [1.54, 1.807) is 18.2 Å². The second-order valence-electron chi connectivity index (χ2n) is 8.41. The highest BCUT2D eigenvalue weighted by molar-refractivity contribution is 14.1. The van der Waals surface area contributed by atoms with Gasteiger partial charge in [-0.3, -0.25) is 9.59 Å². The first-order chi connectivity index (χ1) is 17.5. The van der Waals surface area contributed by atoms with Crippen LogP contribution in [0.15, 0.2) is 77.9 Å². The number of benzene rings is 4. The fourth-order valence-corrected chi connectivity index (χ4v) is 4.93. The van der Waals surface area contributed by atoms with E-state index in [1.807, 2.05) is 56.3 Å². The molecule has 0 aromatic heterocycles. The molecule has 1 aliphatic heterocycles. The first-order valence-corrected chi connectivity index (χ1v) is 12.6. The molecular formula is C29H23IN2O4. The van der Waals surface area contributed by atoms with Crippen molar-refractivity contribution in [3.05, 3.63) is 104 Å². The van der Waals surface area contributed by atoms with Crippen molar-refractivity contribution in [2.45, 2.75) is 20.5 Å². The van der Waals surface area contributed by atoms with Crippen molar-refractivity contribution in [1.82, 2.24) is 5.01 Å². The fourth-order valence-electron chi connectivity index (χ4n) is 4.15. The minimum atomic E-state index is -0.446. The number of rotatable bonds is 7. The molecule has 180 valence electrons. The second kappa shape index (κ2) is 10.1. The van der Waals surface area contributed by atoms with E-state index in [-0.39, 0.29) is 0 Å². The molecule has 6 nitrogen and oxygen atoms in total. The molecule has 2 amide bonds. The van der Waals surface area contributed by atoms with Gasteiger partial charge >= 0.3 is 0 Å². The van der Waals surface area contributed by atoms with Crippen molar-refractivity contribution in [3.8, 4) is 11.5 Å². The van der Waals surface area contributed by atoms with Crippen molar-refractivity contribution in [3.63, 3.8) is 0 Å². The summed E-state index contributed by atoms with van der Waals surface area (Å²) in [5.74, 6) is 0.321. The molecule has 0 saturated heterocycles. The third kappa shape index (κ3) is 4.58. The van der Waals surface area contributed by atoms with Gasteiger partial charge in [-0.15, -0.1) is 0 Å². The quantitative estimate of drug-likeness (QED) is 0.143. The summed E-state index contributed by atoms with van der Waals surface area (Å²) in [5, 5.41) is 6.73. The van der Waals surface area contributed by atoms with E-state index in [9.17, 15) is 9.59 Å². The zero-order valence-corrected chi connectivity index (χ0v) is 22.0. The molecule has 0 aliphatic carbocycles. The molecule has 1 heterocycles. The largest absolute Gasteiger partial charge is 0.490 e. The fraction of sp³-hybridized carbons (Fsp3) is 0.138. The van der Waals surface area contributed by atoms with Gasteiger partial charge in [-0.25, -0.2) is 0 Å². The van der Waals surface area contributed by atoms with E-state index in [1.165, 1.54) is 11.8 Å². The molecule has 0 spiro atoms. The van der Waals surface area contributed by atoms with Crippen LogP contribution in [0.2, 0.25) is 0 Å². The van der Waals surface area contributed by atoms with Gasteiger partial charge in [0.1, 0.15) is 6.61 Å². The summed E-state index contributed by atoms with van der Waals surface area (Å²) < 4.78 is 12.8. The number of hydrogen-bond acceptors (Lipinski definition) is 5. The van der Waals surface area contributed by atoms with Crippen LogP contribution < -0.4 is 9.47 Å². The third-order valence-electron chi connectivity index (χ3n) is 5.91. The number of aryl methyl sites for hydroxylation is 1. The lowest BCUT2D eigenvalue weighted by molar-refractivity contribution is 0.0616. The van der Waals surface area contributed by atoms with Crippen LogP contribution in [0.5, 0.6) is 11.5 Å². The average molecular weight is 590 g/mol. The van der Waals surface area contributed by atoms with E-state index >= 15 is 0 Å². The van der Waals surface area contributed by atoms with E-state index in [4.69, 9.17) is 9.47 Å². The summed E-state index contributed by atoms with van der Waals surface area (Å²) in [6.45, 7) is 4.82. The summed E-state index contributed by atoms with van der Waals surface area (Å²) in [5.41, 5.74) is 3.86. The van der Waals surface area contributed by atoms with Crippen LogP contribution in [0.4, 0.5) is 0 Å². The number of carbonyl (C=O) groups excluding carboxylic acids is 2. The highest BCUT2D eigenvalue weighted by atomic mass is 127. The van der Waals surface area contributed by atoms with Gasteiger partial charge in [0.05, 0.1) is 27.5 Å². The maximum absolute atomic E-state index is 13.1. The van der Waals surface area contributed by atoms with Crippen LogP contribution in [0.25, 0.3) is 10.8 Å². The molecule has 0 saturated carbocycles. The Bertz CT molecular complexity index is 1460. The minimum absolute atomic E-state index is 0.408. The number of hydrogen-bond donors (Lipinski definition) is 0. The van der Waals surface area contributed by atoms with Crippen molar-refractivity contribution >= 4 is 51.4 Å². The number of amides is 2. The van der Waals surface area contributed by atoms with E-state index in [0.717, 1.165) is 19.5 Å². The van der Waals surface area contributed by atoms with Gasteiger partial charge in [-0.2, -0.15) is 10.1 Å². The zero-order valence-electron chi connectivity index (χ0n) is 19.8. The number of halogens is 1. The van der Waals surface area contributed by atoms with Crippen LogP contribution in [0.3, 0.4) is 0 Å². The highest BCUT2D eigenvalue weighted by Crippen LogP contribution is 2.35. The lowest BCUT2D eigenvalue weighted by Gasteiger charge is -2.23. The molecule has 7 heteroatoms. The summed E-state index contributed by atoms with van der Waals surface area (Å²) in [6.07, 6.45) is 1.50. The SMILES string of the molecule is CCOc1cc(C=NN2C(=O)c3cccc4cccc(c34)C2=O)cc(I)c1OCc1ccc(C)cc1. The first-order valence-electron chi connectivity index (χ1n) is 11.6. The number of hydrazone groups is 1. The van der Waals surface area contributed by atoms with Gasteiger partial charge in [-0.1, -0.05) is 54.1 Å². The van der Waals surface area contributed by atoms with E-state index in [2.05, 4.69) is 39.8 Å². The smallest absolute Gasteiger partial charge is 0.282 e. The maximum Gasteiger partial charge on any atom is 0.282 e. The van der Waals surface area contributed by atoms with E-state index < -0.39 is 11.8 Å². The van der Waals surface area contributed by atoms with Gasteiger partial charge < -0.3 is 9.47 Å². The minimum Gasteiger partial charge on any atom is -0.490 e. The molecule has 0 N–H and O–H groups in total. The normalized spacial score (nSPS) is 13.0. The van der Waals surface area contributed by atoms with Crippen molar-refractivity contribution in [2.24, 2.45) is 5.10 Å². The molecule has 1 aliphatic rings. The lowest BCUT2D eigenvalue weighted by atomic mass is 9.95. The Morgan fingerprint density at radius 2 is 1.58 bits per heavy atom. The van der Waals surface area contributed by atoms with Crippen LogP contribution in [-0.2, 0) is 6.61 Å². The van der Waals surface area contributed by atoms with Crippen molar-refractivity contribution in [1.29, 1.82) is 0 Å². The molecular weight excluding hydrogens is 567 g/mol. The van der Waals surface area contributed by atoms with Crippen molar-refractivity contribution < 1.29 is 19.1 Å². The third-order valence-corrected chi connectivity index (χ3v) is 6.71. The molecule has 5 rings (SSSR count). The molecule has 0 bridgehead atoms. The molecule has 36 heavy (non-hydrogen) atoms. The molecule has 4 aromatic carbocycles. The predicted molar refractivity (Wildman–Crippen MR) is 148 cm³/mol. The van der Waals surface area contributed by atoms with Crippen LogP contribution in [0.1, 0.15) is 44.3 Å². The highest BCUT2D eigenvalue weighted by Gasteiger charge is 2.32. The van der Waals surface area contributed by atoms with Gasteiger partial charge in [0, 0.05) is 5.39 Å². The second-order valence-corrected chi connectivity index (χ2v) is 9.58. The van der Waals surface area contributed by atoms with Crippen LogP contribution >= 0.6 is 22.6 Å².